The molecular weight excluding hydrogens is 195 g/mol. The van der Waals surface area contributed by atoms with Crippen molar-refractivity contribution in [3.05, 3.63) is 30.1 Å². The Kier molecular flexibility index (Phi) is 4.28. The molecule has 1 atom stereocenters. The van der Waals surface area contributed by atoms with Gasteiger partial charge in [-0.05, 0) is 18.6 Å². The Bertz CT molecular complexity index is 336. The molecule has 1 aromatic carbocycles. The topological polar surface area (TPSA) is 26.3 Å². The second kappa shape index (κ2) is 5.49. The number of rotatable bonds is 4. The highest BCUT2D eigenvalue weighted by molar-refractivity contribution is 5.74. The predicted octanol–water partition coefficient (Wildman–Crippen LogP) is 3.17. The average molecular weight is 210 g/mol. The SMILES string of the molecule is CCCC(C)C(=O)Oc1ccccc1F. The van der Waals surface area contributed by atoms with E-state index in [1.54, 1.807) is 19.1 Å². The van der Waals surface area contributed by atoms with Gasteiger partial charge in [-0.2, -0.15) is 0 Å². The number of hydrogen-bond donors (Lipinski definition) is 0. The van der Waals surface area contributed by atoms with Gasteiger partial charge in [0.1, 0.15) is 0 Å². The van der Waals surface area contributed by atoms with Crippen molar-refractivity contribution < 1.29 is 13.9 Å². The standard InChI is InChI=1S/C12H15FO2/c1-3-6-9(2)12(14)15-11-8-5-4-7-10(11)13/h4-5,7-9H,3,6H2,1-2H3. The zero-order valence-electron chi connectivity index (χ0n) is 9.00. The molecule has 1 rings (SSSR count). The van der Waals surface area contributed by atoms with Crippen LogP contribution < -0.4 is 4.74 Å². The third-order valence-electron chi connectivity index (χ3n) is 2.17. The van der Waals surface area contributed by atoms with Gasteiger partial charge in [0, 0.05) is 0 Å². The minimum atomic E-state index is -0.505. The number of ether oxygens (including phenoxy) is 1. The highest BCUT2D eigenvalue weighted by Gasteiger charge is 2.15. The third-order valence-corrected chi connectivity index (χ3v) is 2.17. The lowest BCUT2D eigenvalue weighted by atomic mass is 10.1. The summed E-state index contributed by atoms with van der Waals surface area (Å²) in [4.78, 5) is 11.5. The van der Waals surface area contributed by atoms with Crippen LogP contribution in [0.2, 0.25) is 0 Å². The number of benzene rings is 1. The maximum absolute atomic E-state index is 13.1. The summed E-state index contributed by atoms with van der Waals surface area (Å²) in [5, 5.41) is 0. The molecule has 0 aliphatic carbocycles. The van der Waals surface area contributed by atoms with E-state index in [-0.39, 0.29) is 17.6 Å². The highest BCUT2D eigenvalue weighted by atomic mass is 19.1. The van der Waals surface area contributed by atoms with E-state index in [4.69, 9.17) is 4.74 Å². The molecule has 3 heteroatoms. The maximum atomic E-state index is 13.1. The van der Waals surface area contributed by atoms with Crippen LogP contribution in [-0.2, 0) is 4.79 Å². The minimum absolute atomic E-state index is 0.00505. The number of para-hydroxylation sites is 1. The molecule has 2 nitrogen and oxygen atoms in total. The Hall–Kier alpha value is -1.38. The summed E-state index contributed by atoms with van der Waals surface area (Å²) in [6, 6.07) is 5.91. The fourth-order valence-corrected chi connectivity index (χ4v) is 1.29. The van der Waals surface area contributed by atoms with Crippen LogP contribution in [0, 0.1) is 11.7 Å². The van der Waals surface area contributed by atoms with Crippen molar-refractivity contribution in [2.24, 2.45) is 5.92 Å². The minimum Gasteiger partial charge on any atom is -0.423 e. The Morgan fingerprint density at radius 3 is 2.73 bits per heavy atom. The van der Waals surface area contributed by atoms with Crippen LogP contribution in [0.25, 0.3) is 0 Å². The Balaban J connectivity index is 2.62. The van der Waals surface area contributed by atoms with E-state index >= 15 is 0 Å². The van der Waals surface area contributed by atoms with Gasteiger partial charge in [-0.25, -0.2) is 4.39 Å². The monoisotopic (exact) mass is 210 g/mol. The van der Waals surface area contributed by atoms with E-state index in [1.165, 1.54) is 12.1 Å². The molecule has 0 aromatic heterocycles. The normalized spacial score (nSPS) is 12.2. The molecule has 0 aliphatic heterocycles. The van der Waals surface area contributed by atoms with E-state index in [0.29, 0.717) is 0 Å². The summed E-state index contributed by atoms with van der Waals surface area (Å²) in [5.74, 6) is -1.06. The predicted molar refractivity (Wildman–Crippen MR) is 56.1 cm³/mol. The van der Waals surface area contributed by atoms with Crippen molar-refractivity contribution in [2.75, 3.05) is 0 Å². The number of halogens is 1. The largest absolute Gasteiger partial charge is 0.423 e. The fourth-order valence-electron chi connectivity index (χ4n) is 1.29. The van der Waals surface area contributed by atoms with Crippen LogP contribution in [0.5, 0.6) is 5.75 Å². The van der Waals surface area contributed by atoms with Gasteiger partial charge < -0.3 is 4.74 Å². The first-order valence-electron chi connectivity index (χ1n) is 5.11. The Labute approximate surface area is 89.1 Å². The zero-order chi connectivity index (χ0) is 11.3. The van der Waals surface area contributed by atoms with Gasteiger partial charge in [0.05, 0.1) is 5.92 Å². The second-order valence-electron chi connectivity index (χ2n) is 3.54. The lowest BCUT2D eigenvalue weighted by Gasteiger charge is -2.10. The van der Waals surface area contributed by atoms with Crippen molar-refractivity contribution in [1.82, 2.24) is 0 Å². The van der Waals surface area contributed by atoms with Crippen LogP contribution in [0.15, 0.2) is 24.3 Å². The molecule has 1 unspecified atom stereocenters. The van der Waals surface area contributed by atoms with Gasteiger partial charge in [0.25, 0.3) is 0 Å². The molecule has 0 spiro atoms. The van der Waals surface area contributed by atoms with Crippen molar-refractivity contribution in [2.45, 2.75) is 26.7 Å². The molecule has 0 radical (unpaired) electrons. The molecule has 82 valence electrons. The van der Waals surface area contributed by atoms with Crippen molar-refractivity contribution in [3.8, 4) is 5.75 Å². The van der Waals surface area contributed by atoms with Gasteiger partial charge in [-0.1, -0.05) is 32.4 Å². The average Bonchev–Trinajstić information content (AvgIpc) is 2.21. The maximum Gasteiger partial charge on any atom is 0.314 e. The lowest BCUT2D eigenvalue weighted by Crippen LogP contribution is -2.18. The van der Waals surface area contributed by atoms with Crippen LogP contribution in [-0.4, -0.2) is 5.97 Å². The Morgan fingerprint density at radius 2 is 2.13 bits per heavy atom. The van der Waals surface area contributed by atoms with Crippen LogP contribution in [0.1, 0.15) is 26.7 Å². The summed E-state index contributed by atoms with van der Waals surface area (Å²) in [6.45, 7) is 3.78. The first-order chi connectivity index (χ1) is 7.15. The molecule has 15 heavy (non-hydrogen) atoms. The molecule has 0 bridgehead atoms. The summed E-state index contributed by atoms with van der Waals surface area (Å²) >= 11 is 0. The van der Waals surface area contributed by atoms with Gasteiger partial charge in [-0.15, -0.1) is 0 Å². The number of esters is 1. The Morgan fingerprint density at radius 1 is 1.47 bits per heavy atom. The summed E-state index contributed by atoms with van der Waals surface area (Å²) in [7, 11) is 0. The van der Waals surface area contributed by atoms with Crippen LogP contribution in [0.4, 0.5) is 4.39 Å². The number of carbonyl (C=O) groups excluding carboxylic acids is 1. The molecule has 1 aromatic rings. The molecule has 0 saturated carbocycles. The second-order valence-corrected chi connectivity index (χ2v) is 3.54. The lowest BCUT2D eigenvalue weighted by molar-refractivity contribution is -0.138. The summed E-state index contributed by atoms with van der Waals surface area (Å²) < 4.78 is 18.1. The zero-order valence-corrected chi connectivity index (χ0v) is 9.00. The van der Waals surface area contributed by atoms with Gasteiger partial charge in [0.15, 0.2) is 11.6 Å². The third kappa shape index (κ3) is 3.35. The first kappa shape index (κ1) is 11.7. The summed E-state index contributed by atoms with van der Waals surface area (Å²) in [5.41, 5.74) is 0. The van der Waals surface area contributed by atoms with E-state index in [0.717, 1.165) is 12.8 Å². The molecule has 0 N–H and O–H groups in total. The first-order valence-corrected chi connectivity index (χ1v) is 5.11. The highest BCUT2D eigenvalue weighted by Crippen LogP contribution is 2.18. The van der Waals surface area contributed by atoms with Crippen molar-refractivity contribution in [1.29, 1.82) is 0 Å². The van der Waals surface area contributed by atoms with Gasteiger partial charge in [0.2, 0.25) is 0 Å². The smallest absolute Gasteiger partial charge is 0.314 e. The van der Waals surface area contributed by atoms with Crippen molar-refractivity contribution >= 4 is 5.97 Å². The molecular formula is C12H15FO2. The molecule has 0 saturated heterocycles. The molecule has 0 fully saturated rings. The van der Waals surface area contributed by atoms with Crippen LogP contribution >= 0.6 is 0 Å². The van der Waals surface area contributed by atoms with Gasteiger partial charge in [-0.3, -0.25) is 4.79 Å². The quantitative estimate of drug-likeness (QED) is 0.563. The summed E-state index contributed by atoms with van der Waals surface area (Å²) in [6.07, 6.45) is 1.67. The van der Waals surface area contributed by atoms with E-state index < -0.39 is 5.82 Å². The van der Waals surface area contributed by atoms with Gasteiger partial charge >= 0.3 is 5.97 Å². The van der Waals surface area contributed by atoms with Crippen LogP contribution in [0.3, 0.4) is 0 Å². The number of hydrogen-bond acceptors (Lipinski definition) is 2. The molecule has 0 aliphatic rings. The van der Waals surface area contributed by atoms with E-state index in [2.05, 4.69) is 0 Å². The number of carbonyl (C=O) groups is 1. The molecule has 0 amide bonds. The fraction of sp³-hybridized carbons (Fsp3) is 0.417. The van der Waals surface area contributed by atoms with E-state index in [9.17, 15) is 9.18 Å². The van der Waals surface area contributed by atoms with Crippen molar-refractivity contribution in [3.63, 3.8) is 0 Å². The van der Waals surface area contributed by atoms with E-state index in [1.807, 2.05) is 6.92 Å². The molecule has 0 heterocycles.